The standard InChI is InChI=1S/C27H31F4N7O3/c1-14-22(37-41-36-14)25(40)35-24(16-6-8-26(28,29)9-7-16)19-13-38-20(33-19)10-17(12-32-38)23(15-2-3-15)34-21(39)5-4-18-11-27(18,30)31/h10,12-13,15-16,18,23-24H,2-9,11H2,1H3,(H,34,39)(H,35,40)/t18?,23-,24+/m1/s1. The van der Waals surface area contributed by atoms with Gasteiger partial charge in [-0.25, -0.2) is 31.7 Å². The fraction of sp³-hybridized carbons (Fsp3) is 0.630. The van der Waals surface area contributed by atoms with Gasteiger partial charge in [0.1, 0.15) is 5.69 Å². The van der Waals surface area contributed by atoms with Crippen molar-refractivity contribution in [3.63, 3.8) is 0 Å². The number of halogens is 4. The van der Waals surface area contributed by atoms with Gasteiger partial charge >= 0.3 is 0 Å². The van der Waals surface area contributed by atoms with Gasteiger partial charge in [0.15, 0.2) is 11.3 Å². The molecule has 2 amide bonds. The monoisotopic (exact) mass is 577 g/mol. The van der Waals surface area contributed by atoms with E-state index in [2.05, 4.69) is 30.7 Å². The summed E-state index contributed by atoms with van der Waals surface area (Å²) in [5.74, 6) is -7.00. The highest BCUT2D eigenvalue weighted by Gasteiger charge is 2.56. The van der Waals surface area contributed by atoms with Crippen molar-refractivity contribution in [1.82, 2.24) is 35.5 Å². The van der Waals surface area contributed by atoms with Gasteiger partial charge in [-0.2, -0.15) is 5.10 Å². The number of nitrogens with zero attached hydrogens (tertiary/aromatic N) is 5. The Morgan fingerprint density at radius 3 is 2.41 bits per heavy atom. The summed E-state index contributed by atoms with van der Waals surface area (Å²) < 4.78 is 60.5. The first-order chi connectivity index (χ1) is 19.5. The summed E-state index contributed by atoms with van der Waals surface area (Å²) in [6.07, 6.45) is 5.00. The van der Waals surface area contributed by atoms with Crippen molar-refractivity contribution in [1.29, 1.82) is 0 Å². The molecule has 10 nitrogen and oxygen atoms in total. The van der Waals surface area contributed by atoms with Crippen LogP contribution in [0, 0.1) is 24.7 Å². The van der Waals surface area contributed by atoms with Crippen molar-refractivity contribution in [3.8, 4) is 0 Å². The van der Waals surface area contributed by atoms with Gasteiger partial charge in [-0.1, -0.05) is 5.16 Å². The number of carbonyl (C=O) groups is 2. The Bertz CT molecular complexity index is 1440. The summed E-state index contributed by atoms with van der Waals surface area (Å²) in [5, 5.41) is 17.7. The zero-order valence-electron chi connectivity index (χ0n) is 22.5. The Morgan fingerprint density at radius 1 is 1.07 bits per heavy atom. The number of carbonyl (C=O) groups excluding carboxylic acids is 2. The summed E-state index contributed by atoms with van der Waals surface area (Å²) in [6, 6.07) is 0.798. The van der Waals surface area contributed by atoms with Gasteiger partial charge in [-0.15, -0.1) is 0 Å². The summed E-state index contributed by atoms with van der Waals surface area (Å²) in [4.78, 5) is 30.3. The molecule has 2 N–H and O–H groups in total. The Kier molecular flexibility index (Phi) is 6.97. The maximum absolute atomic E-state index is 13.9. The zero-order chi connectivity index (χ0) is 28.9. The quantitative estimate of drug-likeness (QED) is 0.334. The Balaban J connectivity index is 1.22. The van der Waals surface area contributed by atoms with E-state index in [1.165, 1.54) is 0 Å². The third-order valence-electron chi connectivity index (χ3n) is 8.51. The molecule has 0 bridgehead atoms. The predicted octanol–water partition coefficient (Wildman–Crippen LogP) is 4.72. The lowest BCUT2D eigenvalue weighted by Crippen LogP contribution is -2.37. The van der Waals surface area contributed by atoms with Gasteiger partial charge in [-0.3, -0.25) is 9.59 Å². The van der Waals surface area contributed by atoms with Gasteiger partial charge in [0, 0.05) is 31.6 Å². The van der Waals surface area contributed by atoms with Crippen LogP contribution in [0.5, 0.6) is 0 Å². The summed E-state index contributed by atoms with van der Waals surface area (Å²) in [7, 11) is 0. The second-order valence-electron chi connectivity index (χ2n) is 11.7. The van der Waals surface area contributed by atoms with Crippen molar-refractivity contribution >= 4 is 17.5 Å². The lowest BCUT2D eigenvalue weighted by atomic mass is 9.81. The molecule has 14 heteroatoms. The fourth-order valence-electron chi connectivity index (χ4n) is 5.74. The molecule has 3 fully saturated rings. The highest BCUT2D eigenvalue weighted by Crippen LogP contribution is 2.51. The zero-order valence-corrected chi connectivity index (χ0v) is 22.5. The molecule has 3 aromatic heterocycles. The smallest absolute Gasteiger partial charge is 0.276 e. The normalized spacial score (nSPS) is 23.2. The number of fused-ring (bicyclic) bond motifs is 1. The first kappa shape index (κ1) is 27.6. The van der Waals surface area contributed by atoms with Gasteiger partial charge < -0.3 is 10.6 Å². The van der Waals surface area contributed by atoms with Crippen LogP contribution >= 0.6 is 0 Å². The Labute approximate surface area is 232 Å². The molecule has 3 aromatic rings. The van der Waals surface area contributed by atoms with Crippen LogP contribution in [0.4, 0.5) is 17.6 Å². The lowest BCUT2D eigenvalue weighted by molar-refractivity contribution is -0.122. The first-order valence-electron chi connectivity index (χ1n) is 14.0. The molecule has 41 heavy (non-hydrogen) atoms. The Morgan fingerprint density at radius 2 is 1.78 bits per heavy atom. The van der Waals surface area contributed by atoms with Crippen LogP contribution in [0.3, 0.4) is 0 Å². The van der Waals surface area contributed by atoms with Crippen LogP contribution in [0.1, 0.15) is 97.3 Å². The molecule has 1 unspecified atom stereocenters. The van der Waals surface area contributed by atoms with Crippen molar-refractivity contribution in [2.24, 2.45) is 17.8 Å². The number of rotatable bonds is 10. The van der Waals surface area contributed by atoms with Crippen LogP contribution in [0.15, 0.2) is 23.1 Å². The number of imidazole rings is 1. The van der Waals surface area contributed by atoms with Crippen LogP contribution in [-0.2, 0) is 4.79 Å². The van der Waals surface area contributed by atoms with Crippen LogP contribution in [-0.4, -0.2) is 48.6 Å². The number of hydrogen-bond donors (Lipinski definition) is 2. The van der Waals surface area contributed by atoms with E-state index in [0.29, 0.717) is 17.0 Å². The minimum Gasteiger partial charge on any atom is -0.349 e. The summed E-state index contributed by atoms with van der Waals surface area (Å²) in [6.45, 7) is 1.58. The molecule has 3 atom stereocenters. The van der Waals surface area contributed by atoms with E-state index in [1.54, 1.807) is 29.9 Å². The van der Waals surface area contributed by atoms with Crippen LogP contribution in [0.25, 0.3) is 5.65 Å². The molecule has 3 saturated carbocycles. The fourth-order valence-corrected chi connectivity index (χ4v) is 5.74. The molecule has 3 aliphatic carbocycles. The van der Waals surface area contributed by atoms with Crippen molar-refractivity contribution in [3.05, 3.63) is 41.1 Å². The third-order valence-corrected chi connectivity index (χ3v) is 8.51. The van der Waals surface area contributed by atoms with Gasteiger partial charge in [-0.05, 0) is 67.7 Å². The largest absolute Gasteiger partial charge is 0.349 e. The van der Waals surface area contributed by atoms with Crippen molar-refractivity contribution in [2.45, 2.75) is 88.6 Å². The lowest BCUT2D eigenvalue weighted by Gasteiger charge is -2.33. The van der Waals surface area contributed by atoms with E-state index in [9.17, 15) is 27.2 Å². The van der Waals surface area contributed by atoms with Crippen molar-refractivity contribution < 1.29 is 31.8 Å². The number of alkyl halides is 4. The van der Waals surface area contributed by atoms with Gasteiger partial charge in [0.2, 0.25) is 11.8 Å². The molecule has 220 valence electrons. The molecule has 6 rings (SSSR count). The maximum Gasteiger partial charge on any atom is 0.276 e. The van der Waals surface area contributed by atoms with Crippen LogP contribution in [0.2, 0.25) is 0 Å². The number of aromatic nitrogens is 5. The molecule has 3 heterocycles. The molecule has 0 spiro atoms. The topological polar surface area (TPSA) is 127 Å². The number of aryl methyl sites for hydroxylation is 1. The van der Waals surface area contributed by atoms with Gasteiger partial charge in [0.05, 0.1) is 30.2 Å². The van der Waals surface area contributed by atoms with E-state index in [0.717, 1.165) is 18.4 Å². The van der Waals surface area contributed by atoms with E-state index < -0.39 is 29.7 Å². The minimum absolute atomic E-state index is 0.00809. The van der Waals surface area contributed by atoms with E-state index >= 15 is 0 Å². The molecule has 3 aliphatic rings. The molecule has 0 aliphatic heterocycles. The highest BCUT2D eigenvalue weighted by molar-refractivity contribution is 5.93. The number of nitrogens with one attached hydrogen (secondary N) is 2. The first-order valence-corrected chi connectivity index (χ1v) is 14.0. The second kappa shape index (κ2) is 10.4. The molecule has 0 saturated heterocycles. The summed E-state index contributed by atoms with van der Waals surface area (Å²) in [5.41, 5.74) is 1.98. The minimum atomic E-state index is -2.74. The highest BCUT2D eigenvalue weighted by atomic mass is 19.3. The van der Waals surface area contributed by atoms with Crippen LogP contribution < -0.4 is 10.6 Å². The van der Waals surface area contributed by atoms with E-state index in [1.807, 2.05) is 0 Å². The number of hydrogen-bond acceptors (Lipinski definition) is 7. The van der Waals surface area contributed by atoms with Crippen molar-refractivity contribution in [2.75, 3.05) is 0 Å². The SMILES string of the molecule is Cc1nonc1C(=O)N[C@H](c1cn2ncc([C@H](NC(=O)CCC3CC3(F)F)C3CC3)cc2n1)C1CCC(F)(F)CC1. The third kappa shape index (κ3) is 6.05. The Hall–Kier alpha value is -3.58. The summed E-state index contributed by atoms with van der Waals surface area (Å²) >= 11 is 0. The second-order valence-corrected chi connectivity index (χ2v) is 11.7. The average molecular weight is 578 g/mol. The van der Waals surface area contributed by atoms with Gasteiger partial charge in [0.25, 0.3) is 11.8 Å². The molecular weight excluding hydrogens is 546 g/mol. The average Bonchev–Trinajstić information content (AvgIpc) is 3.76. The molecule has 0 aromatic carbocycles. The molecule has 0 radical (unpaired) electrons. The molecular formula is C27H31F4N7O3. The number of amides is 2. The maximum atomic E-state index is 13.9. The van der Waals surface area contributed by atoms with E-state index in [-0.39, 0.29) is 74.4 Å². The predicted molar refractivity (Wildman–Crippen MR) is 135 cm³/mol. The van der Waals surface area contributed by atoms with E-state index in [4.69, 9.17) is 4.98 Å².